The van der Waals surface area contributed by atoms with Crippen LogP contribution in [0, 0.1) is 6.92 Å². The quantitative estimate of drug-likeness (QED) is 0.786. The van der Waals surface area contributed by atoms with Gasteiger partial charge < -0.3 is 0 Å². The molecule has 1 heterocycles. The second-order valence-corrected chi connectivity index (χ2v) is 5.87. The Bertz CT molecular complexity index is 857. The van der Waals surface area contributed by atoms with Crippen molar-refractivity contribution in [2.75, 3.05) is 0 Å². The number of nitrogens with one attached hydrogen (secondary N) is 1. The maximum Gasteiger partial charge on any atom is 0.256 e. The molecule has 1 aromatic heterocycles. The summed E-state index contributed by atoms with van der Waals surface area (Å²) in [6.07, 6.45) is 1.65. The van der Waals surface area contributed by atoms with Crippen LogP contribution in [0.1, 0.15) is 28.6 Å². The summed E-state index contributed by atoms with van der Waals surface area (Å²) in [6, 6.07) is 20.1. The van der Waals surface area contributed by atoms with Gasteiger partial charge in [-0.2, -0.15) is 0 Å². The molecule has 122 valence electrons. The van der Waals surface area contributed by atoms with Gasteiger partial charge in [0.2, 0.25) is 0 Å². The van der Waals surface area contributed by atoms with Gasteiger partial charge in [0.1, 0.15) is 5.82 Å². The normalized spacial score (nSPS) is 12.1. The molecule has 0 unspecified atom stereocenters. The predicted octanol–water partition coefficient (Wildman–Crippen LogP) is 2.97. The predicted molar refractivity (Wildman–Crippen MR) is 95.8 cm³/mol. The lowest BCUT2D eigenvalue weighted by Crippen LogP contribution is -2.31. The van der Waals surface area contributed by atoms with Gasteiger partial charge in [0.25, 0.3) is 5.56 Å². The van der Waals surface area contributed by atoms with E-state index in [0.717, 1.165) is 5.56 Å². The van der Waals surface area contributed by atoms with Gasteiger partial charge in [0.05, 0.1) is 6.04 Å². The van der Waals surface area contributed by atoms with Crippen LogP contribution in [0.25, 0.3) is 0 Å². The van der Waals surface area contributed by atoms with E-state index in [1.807, 2.05) is 36.4 Å². The van der Waals surface area contributed by atoms with Gasteiger partial charge in [0.15, 0.2) is 0 Å². The van der Waals surface area contributed by atoms with Crippen LogP contribution in [0.15, 0.2) is 71.7 Å². The van der Waals surface area contributed by atoms with E-state index in [4.69, 9.17) is 0 Å². The second kappa shape index (κ2) is 7.23. The molecule has 24 heavy (non-hydrogen) atoms. The lowest BCUT2D eigenvalue weighted by Gasteiger charge is -2.21. The Morgan fingerprint density at radius 3 is 2.33 bits per heavy atom. The highest BCUT2D eigenvalue weighted by atomic mass is 16.1. The molecule has 0 amide bonds. The highest BCUT2D eigenvalue weighted by Gasteiger charge is 2.18. The fourth-order valence-corrected chi connectivity index (χ4v) is 2.76. The monoisotopic (exact) mass is 319 g/mol. The lowest BCUT2D eigenvalue weighted by molar-refractivity contribution is 0.541. The van der Waals surface area contributed by atoms with E-state index in [1.165, 1.54) is 5.56 Å². The number of aryl methyl sites for hydroxylation is 1. The molecule has 4 nitrogen and oxygen atoms in total. The first-order valence-corrected chi connectivity index (χ1v) is 8.01. The van der Waals surface area contributed by atoms with Crippen molar-refractivity contribution >= 4 is 0 Å². The number of hydrogen-bond acceptors (Lipinski definition) is 3. The van der Waals surface area contributed by atoms with Gasteiger partial charge in [-0.25, -0.2) is 4.98 Å². The molecule has 0 aliphatic carbocycles. The Morgan fingerprint density at radius 1 is 1.04 bits per heavy atom. The molecule has 0 saturated heterocycles. The molecule has 0 aliphatic heterocycles. The van der Waals surface area contributed by atoms with E-state index in [1.54, 1.807) is 24.7 Å². The van der Waals surface area contributed by atoms with E-state index in [0.29, 0.717) is 17.9 Å². The van der Waals surface area contributed by atoms with Crippen LogP contribution < -0.4 is 10.9 Å². The molecule has 3 aromatic rings. The van der Waals surface area contributed by atoms with Gasteiger partial charge >= 0.3 is 0 Å². The summed E-state index contributed by atoms with van der Waals surface area (Å²) in [6.45, 7) is 2.48. The molecule has 0 spiro atoms. The van der Waals surface area contributed by atoms with Gasteiger partial charge in [-0.1, -0.05) is 60.7 Å². The van der Waals surface area contributed by atoms with Crippen molar-refractivity contribution in [2.45, 2.75) is 19.5 Å². The first-order chi connectivity index (χ1) is 11.7. The molecule has 3 rings (SSSR count). The Hall–Kier alpha value is -2.72. The fraction of sp³-hybridized carbons (Fsp3) is 0.200. The minimum absolute atomic E-state index is 0.0116. The molecule has 4 heteroatoms. The third kappa shape index (κ3) is 3.44. The summed E-state index contributed by atoms with van der Waals surface area (Å²) in [7, 11) is 1.78. The summed E-state index contributed by atoms with van der Waals surface area (Å²) in [5.41, 5.74) is 2.91. The van der Waals surface area contributed by atoms with Crippen molar-refractivity contribution < 1.29 is 0 Å². The average Bonchev–Trinajstić information content (AvgIpc) is 2.63. The standard InChI is InChI=1S/C20H21N3O/c1-15-13-22-19(23(2)20(15)24)18(17-11-7-4-8-12-17)21-14-16-9-5-3-6-10-16/h3-13,18,21H,14H2,1-2H3/t18-/m0/s1. The van der Waals surface area contributed by atoms with E-state index in [9.17, 15) is 4.79 Å². The van der Waals surface area contributed by atoms with Crippen LogP contribution in [-0.2, 0) is 13.6 Å². The van der Waals surface area contributed by atoms with E-state index < -0.39 is 0 Å². The first kappa shape index (κ1) is 16.1. The smallest absolute Gasteiger partial charge is 0.256 e. The first-order valence-electron chi connectivity index (χ1n) is 8.01. The van der Waals surface area contributed by atoms with Crippen molar-refractivity contribution in [1.29, 1.82) is 0 Å². The third-order valence-corrected chi connectivity index (χ3v) is 4.12. The van der Waals surface area contributed by atoms with Crippen molar-refractivity contribution in [2.24, 2.45) is 7.05 Å². The van der Waals surface area contributed by atoms with E-state index in [2.05, 4.69) is 34.6 Å². The molecule has 0 aliphatic rings. The second-order valence-electron chi connectivity index (χ2n) is 5.87. The van der Waals surface area contributed by atoms with Crippen molar-refractivity contribution in [3.8, 4) is 0 Å². The Kier molecular flexibility index (Phi) is 4.87. The van der Waals surface area contributed by atoms with Crippen molar-refractivity contribution in [1.82, 2.24) is 14.9 Å². The van der Waals surface area contributed by atoms with Crippen LogP contribution in [0.2, 0.25) is 0 Å². The SMILES string of the molecule is Cc1cnc([C@@H](NCc2ccccc2)c2ccccc2)n(C)c1=O. The molecule has 1 atom stereocenters. The number of benzene rings is 2. The summed E-state index contributed by atoms with van der Waals surface area (Å²) in [4.78, 5) is 16.8. The Morgan fingerprint density at radius 2 is 1.67 bits per heavy atom. The van der Waals surface area contributed by atoms with Gasteiger partial charge in [0, 0.05) is 25.4 Å². The fourth-order valence-electron chi connectivity index (χ4n) is 2.76. The molecule has 2 aromatic carbocycles. The van der Waals surface area contributed by atoms with E-state index >= 15 is 0 Å². The van der Waals surface area contributed by atoms with Crippen LogP contribution in [0.5, 0.6) is 0 Å². The summed E-state index contributed by atoms with van der Waals surface area (Å²) < 4.78 is 1.63. The zero-order valence-electron chi connectivity index (χ0n) is 13.9. The summed E-state index contributed by atoms with van der Waals surface area (Å²) in [5.74, 6) is 0.715. The number of aromatic nitrogens is 2. The van der Waals surface area contributed by atoms with E-state index in [-0.39, 0.29) is 11.6 Å². The third-order valence-electron chi connectivity index (χ3n) is 4.12. The Balaban J connectivity index is 1.97. The van der Waals surface area contributed by atoms with Gasteiger partial charge in [-0.15, -0.1) is 0 Å². The van der Waals surface area contributed by atoms with Gasteiger partial charge in [-0.3, -0.25) is 14.7 Å². The molecular weight excluding hydrogens is 298 g/mol. The molecule has 0 radical (unpaired) electrons. The lowest BCUT2D eigenvalue weighted by atomic mass is 10.1. The van der Waals surface area contributed by atoms with Crippen LogP contribution in [0.3, 0.4) is 0 Å². The number of nitrogens with zero attached hydrogens (tertiary/aromatic N) is 2. The largest absolute Gasteiger partial charge is 0.300 e. The molecule has 0 fully saturated rings. The summed E-state index contributed by atoms with van der Waals surface area (Å²) >= 11 is 0. The maximum atomic E-state index is 12.3. The topological polar surface area (TPSA) is 46.9 Å². The zero-order valence-corrected chi connectivity index (χ0v) is 13.9. The van der Waals surface area contributed by atoms with Crippen molar-refractivity contribution in [3.05, 3.63) is 99.7 Å². The summed E-state index contributed by atoms with van der Waals surface area (Å²) in [5, 5.41) is 3.53. The molecule has 0 bridgehead atoms. The minimum Gasteiger partial charge on any atom is -0.300 e. The minimum atomic E-state index is -0.148. The van der Waals surface area contributed by atoms with Crippen LogP contribution in [-0.4, -0.2) is 9.55 Å². The maximum absolute atomic E-state index is 12.3. The Labute approximate surface area is 141 Å². The van der Waals surface area contributed by atoms with Gasteiger partial charge in [-0.05, 0) is 18.1 Å². The average molecular weight is 319 g/mol. The van der Waals surface area contributed by atoms with Crippen molar-refractivity contribution in [3.63, 3.8) is 0 Å². The van der Waals surface area contributed by atoms with Crippen LogP contribution in [0.4, 0.5) is 0 Å². The molecule has 0 saturated carbocycles. The van der Waals surface area contributed by atoms with Crippen LogP contribution >= 0.6 is 0 Å². The zero-order chi connectivity index (χ0) is 16.9. The number of hydrogen-bond donors (Lipinski definition) is 1. The molecular formula is C20H21N3O. The highest BCUT2D eigenvalue weighted by Crippen LogP contribution is 2.20. The number of rotatable bonds is 5. The molecule has 1 N–H and O–H groups in total. The highest BCUT2D eigenvalue weighted by molar-refractivity contribution is 5.26.